The first-order valence-electron chi connectivity index (χ1n) is 8.63. The molecule has 3 N–H and O–H groups in total. The average Bonchev–Trinajstić information content (AvgIpc) is 3.14. The van der Waals surface area contributed by atoms with Crippen LogP contribution in [0.3, 0.4) is 0 Å². The van der Waals surface area contributed by atoms with Gasteiger partial charge in [0.15, 0.2) is 0 Å². The first-order valence-corrected chi connectivity index (χ1v) is 10.1. The minimum atomic E-state index is -3.66. The zero-order valence-electron chi connectivity index (χ0n) is 14.9. The summed E-state index contributed by atoms with van der Waals surface area (Å²) in [5.74, 6) is -0.724. The molecule has 0 aromatic heterocycles. The van der Waals surface area contributed by atoms with Crippen molar-refractivity contribution in [2.45, 2.75) is 43.7 Å². The maximum absolute atomic E-state index is 12.3. The number of hydrogen-bond donors (Lipinski definition) is 3. The summed E-state index contributed by atoms with van der Waals surface area (Å²) in [5.41, 5.74) is 0.277. The number of amides is 2. The first-order chi connectivity index (χ1) is 12.3. The molecule has 2 atom stereocenters. The van der Waals surface area contributed by atoms with Crippen molar-refractivity contribution in [1.82, 2.24) is 15.4 Å². The van der Waals surface area contributed by atoms with Crippen LogP contribution in [-0.2, 0) is 19.6 Å². The highest BCUT2D eigenvalue weighted by molar-refractivity contribution is 7.89. The number of hydrogen-bond acceptors (Lipinski definition) is 5. The van der Waals surface area contributed by atoms with Crippen molar-refractivity contribution in [3.05, 3.63) is 29.8 Å². The Morgan fingerprint density at radius 3 is 2.54 bits per heavy atom. The Kier molecular flexibility index (Phi) is 7.13. The van der Waals surface area contributed by atoms with Crippen LogP contribution in [0.1, 0.15) is 37.0 Å². The number of sulfonamides is 1. The lowest BCUT2D eigenvalue weighted by atomic mass is 10.2. The molecule has 0 bridgehead atoms. The maximum atomic E-state index is 12.3. The molecule has 0 unspecified atom stereocenters. The van der Waals surface area contributed by atoms with E-state index in [-0.39, 0.29) is 29.0 Å². The molecule has 1 aliphatic rings. The second-order valence-corrected chi connectivity index (χ2v) is 7.87. The lowest BCUT2D eigenvalue weighted by Gasteiger charge is -2.14. The molecule has 0 saturated carbocycles. The van der Waals surface area contributed by atoms with Gasteiger partial charge in [-0.2, -0.15) is 0 Å². The van der Waals surface area contributed by atoms with Crippen LogP contribution in [0.4, 0.5) is 0 Å². The van der Waals surface area contributed by atoms with Gasteiger partial charge >= 0.3 is 0 Å². The van der Waals surface area contributed by atoms with E-state index in [1.807, 2.05) is 0 Å². The number of carbonyl (C=O) groups excluding carboxylic acids is 2. The predicted octanol–water partition coefficient (Wildman–Crippen LogP) is 0.398. The van der Waals surface area contributed by atoms with Crippen LogP contribution in [0, 0.1) is 0 Å². The highest BCUT2D eigenvalue weighted by atomic mass is 32.2. The van der Waals surface area contributed by atoms with Gasteiger partial charge in [0.25, 0.3) is 5.91 Å². The third-order valence-corrected chi connectivity index (χ3v) is 5.48. The summed E-state index contributed by atoms with van der Waals surface area (Å²) in [6.07, 6.45) is 1.68. The van der Waals surface area contributed by atoms with Gasteiger partial charge in [0.2, 0.25) is 15.9 Å². The van der Waals surface area contributed by atoms with E-state index in [0.717, 1.165) is 12.8 Å². The molecule has 0 aliphatic carbocycles. The van der Waals surface area contributed by atoms with Crippen molar-refractivity contribution in [1.29, 1.82) is 0 Å². The van der Waals surface area contributed by atoms with Crippen molar-refractivity contribution >= 4 is 21.8 Å². The monoisotopic (exact) mass is 383 g/mol. The standard InChI is InChI=1S/C17H25N3O5S/c1-3-18-16(21)12(2)20-17(22)13-6-8-15(9-7-13)26(23,24)19-11-14-5-4-10-25-14/h6-9,12,14,19H,3-5,10-11H2,1-2H3,(H,18,21)(H,20,22)/t12-,14-/m1/s1. The maximum Gasteiger partial charge on any atom is 0.251 e. The number of nitrogens with one attached hydrogen (secondary N) is 3. The fraction of sp³-hybridized carbons (Fsp3) is 0.529. The topological polar surface area (TPSA) is 114 Å². The van der Waals surface area contributed by atoms with E-state index in [2.05, 4.69) is 15.4 Å². The predicted molar refractivity (Wildman–Crippen MR) is 96.2 cm³/mol. The van der Waals surface area contributed by atoms with Gasteiger partial charge < -0.3 is 15.4 Å². The summed E-state index contributed by atoms with van der Waals surface area (Å²) >= 11 is 0. The van der Waals surface area contributed by atoms with Crippen molar-refractivity contribution in [3.63, 3.8) is 0 Å². The van der Waals surface area contributed by atoms with Gasteiger partial charge in [0.1, 0.15) is 6.04 Å². The molecular formula is C17H25N3O5S. The van der Waals surface area contributed by atoms with E-state index in [1.54, 1.807) is 13.8 Å². The van der Waals surface area contributed by atoms with Gasteiger partial charge in [0.05, 0.1) is 11.0 Å². The quantitative estimate of drug-likeness (QED) is 0.601. The minimum Gasteiger partial charge on any atom is -0.377 e. The summed E-state index contributed by atoms with van der Waals surface area (Å²) in [7, 11) is -3.66. The molecule has 2 rings (SSSR count). The van der Waals surface area contributed by atoms with Gasteiger partial charge in [-0.3, -0.25) is 9.59 Å². The summed E-state index contributed by atoms with van der Waals surface area (Å²) in [5, 5.41) is 5.19. The van der Waals surface area contributed by atoms with Gasteiger partial charge in [-0.1, -0.05) is 0 Å². The van der Waals surface area contributed by atoms with Crippen LogP contribution in [-0.4, -0.2) is 52.1 Å². The molecule has 1 aliphatic heterocycles. The third kappa shape index (κ3) is 5.52. The zero-order chi connectivity index (χ0) is 19.2. The molecular weight excluding hydrogens is 358 g/mol. The Morgan fingerprint density at radius 2 is 1.96 bits per heavy atom. The lowest BCUT2D eigenvalue weighted by Crippen LogP contribution is -2.44. The molecule has 0 spiro atoms. The number of benzene rings is 1. The number of ether oxygens (including phenoxy) is 1. The average molecular weight is 383 g/mol. The molecule has 2 amide bonds. The largest absolute Gasteiger partial charge is 0.377 e. The Hall–Kier alpha value is -1.97. The smallest absolute Gasteiger partial charge is 0.251 e. The van der Waals surface area contributed by atoms with Gasteiger partial charge in [0, 0.05) is 25.3 Å². The van der Waals surface area contributed by atoms with Crippen LogP contribution in [0.25, 0.3) is 0 Å². The molecule has 1 heterocycles. The molecule has 9 heteroatoms. The second-order valence-electron chi connectivity index (χ2n) is 6.10. The van der Waals surface area contributed by atoms with E-state index in [4.69, 9.17) is 4.74 Å². The Bertz CT molecular complexity index is 727. The molecule has 8 nitrogen and oxygen atoms in total. The molecule has 144 valence electrons. The fourth-order valence-electron chi connectivity index (χ4n) is 2.55. The Labute approximate surface area is 153 Å². The van der Waals surface area contributed by atoms with E-state index in [1.165, 1.54) is 24.3 Å². The summed E-state index contributed by atoms with van der Waals surface area (Å²) in [6, 6.07) is 4.88. The molecule has 1 aromatic rings. The lowest BCUT2D eigenvalue weighted by molar-refractivity contribution is -0.122. The van der Waals surface area contributed by atoms with E-state index >= 15 is 0 Å². The van der Waals surface area contributed by atoms with Crippen LogP contribution < -0.4 is 15.4 Å². The summed E-state index contributed by atoms with van der Waals surface area (Å²) < 4.78 is 32.5. The van der Waals surface area contributed by atoms with Gasteiger partial charge in [-0.05, 0) is 51.0 Å². The van der Waals surface area contributed by atoms with Crippen LogP contribution in [0.5, 0.6) is 0 Å². The third-order valence-electron chi connectivity index (χ3n) is 4.04. The van der Waals surface area contributed by atoms with Gasteiger partial charge in [-0.15, -0.1) is 0 Å². The second kappa shape index (κ2) is 9.11. The first kappa shape index (κ1) is 20.3. The Morgan fingerprint density at radius 1 is 1.27 bits per heavy atom. The molecule has 0 radical (unpaired) electrons. The van der Waals surface area contributed by atoms with Crippen molar-refractivity contribution in [3.8, 4) is 0 Å². The fourth-order valence-corrected chi connectivity index (χ4v) is 3.62. The Balaban J connectivity index is 1.95. The SMILES string of the molecule is CCNC(=O)[C@@H](C)NC(=O)c1ccc(S(=O)(=O)NC[C@H]2CCCO2)cc1. The van der Waals surface area contributed by atoms with Crippen LogP contribution in [0.2, 0.25) is 0 Å². The molecule has 1 saturated heterocycles. The van der Waals surface area contributed by atoms with Crippen molar-refractivity contribution in [2.75, 3.05) is 19.7 Å². The molecule has 26 heavy (non-hydrogen) atoms. The minimum absolute atomic E-state index is 0.0730. The molecule has 1 aromatic carbocycles. The zero-order valence-corrected chi connectivity index (χ0v) is 15.8. The number of carbonyl (C=O) groups is 2. The highest BCUT2D eigenvalue weighted by Crippen LogP contribution is 2.14. The normalized spacial score (nSPS) is 18.3. The summed E-state index contributed by atoms with van der Waals surface area (Å²) in [4.78, 5) is 23.9. The van der Waals surface area contributed by atoms with Crippen molar-refractivity contribution in [2.24, 2.45) is 0 Å². The molecule has 1 fully saturated rings. The van der Waals surface area contributed by atoms with Gasteiger partial charge in [-0.25, -0.2) is 13.1 Å². The van der Waals surface area contributed by atoms with Crippen LogP contribution in [0.15, 0.2) is 29.2 Å². The van der Waals surface area contributed by atoms with E-state index in [0.29, 0.717) is 13.2 Å². The van der Waals surface area contributed by atoms with Crippen molar-refractivity contribution < 1.29 is 22.7 Å². The van der Waals surface area contributed by atoms with E-state index < -0.39 is 22.0 Å². The number of likely N-dealkylation sites (N-methyl/N-ethyl adjacent to an activating group) is 1. The summed E-state index contributed by atoms with van der Waals surface area (Å²) in [6.45, 7) is 4.74. The number of rotatable bonds is 8. The van der Waals surface area contributed by atoms with E-state index in [9.17, 15) is 18.0 Å². The highest BCUT2D eigenvalue weighted by Gasteiger charge is 2.21. The van der Waals surface area contributed by atoms with Crippen LogP contribution >= 0.6 is 0 Å².